The van der Waals surface area contributed by atoms with E-state index in [1.807, 2.05) is 11.5 Å². The molecule has 2 aromatic heterocycles. The molecule has 1 atom stereocenters. The van der Waals surface area contributed by atoms with Gasteiger partial charge >= 0.3 is 0 Å². The Morgan fingerprint density at radius 1 is 1.17 bits per heavy atom. The van der Waals surface area contributed by atoms with Crippen molar-refractivity contribution in [2.45, 2.75) is 46.0 Å². The second kappa shape index (κ2) is 7.67. The van der Waals surface area contributed by atoms with Crippen molar-refractivity contribution in [3.8, 4) is 5.69 Å². The number of nitrogens with zero attached hydrogens (tertiary/aromatic N) is 2. The van der Waals surface area contributed by atoms with Crippen LogP contribution in [0.15, 0.2) is 46.8 Å². The highest BCUT2D eigenvalue weighted by Gasteiger charge is 2.38. The van der Waals surface area contributed by atoms with Crippen molar-refractivity contribution < 1.29 is 4.79 Å². The molecule has 4 nitrogen and oxygen atoms in total. The maximum Gasteiger partial charge on any atom is 0.186 e. The first kappa shape index (κ1) is 20.8. The summed E-state index contributed by atoms with van der Waals surface area (Å²) in [4.78, 5) is 17.8. The zero-order chi connectivity index (χ0) is 21.6. The summed E-state index contributed by atoms with van der Waals surface area (Å²) in [5.74, 6) is -0.575. The molecule has 3 heterocycles. The maximum absolute atomic E-state index is 13.0. The van der Waals surface area contributed by atoms with Crippen molar-refractivity contribution in [2.24, 2.45) is 0 Å². The van der Waals surface area contributed by atoms with Gasteiger partial charge in [-0.05, 0) is 54.7 Å². The van der Waals surface area contributed by atoms with E-state index in [2.05, 4.69) is 74.5 Å². The molecule has 0 spiro atoms. The Balaban J connectivity index is 1.68. The smallest absolute Gasteiger partial charge is 0.186 e. The maximum atomic E-state index is 13.0. The number of carbonyl (C=O) groups is 1. The lowest BCUT2D eigenvalue weighted by Gasteiger charge is -2.20. The molecule has 1 aliphatic heterocycles. The molecule has 3 aromatic rings. The summed E-state index contributed by atoms with van der Waals surface area (Å²) in [6.07, 6.45) is 3.61. The number of hydrogen-bond acceptors (Lipinski definition) is 5. The zero-order valence-corrected chi connectivity index (χ0v) is 19.4. The third-order valence-electron chi connectivity index (χ3n) is 5.43. The first-order chi connectivity index (χ1) is 14.2. The highest BCUT2D eigenvalue weighted by Crippen LogP contribution is 2.41. The molecule has 1 N–H and O–H groups in total. The van der Waals surface area contributed by atoms with Gasteiger partial charge in [0.2, 0.25) is 0 Å². The predicted molar refractivity (Wildman–Crippen MR) is 127 cm³/mol. The van der Waals surface area contributed by atoms with Crippen molar-refractivity contribution in [3.05, 3.63) is 74.3 Å². The summed E-state index contributed by atoms with van der Waals surface area (Å²) in [7, 11) is 0. The van der Waals surface area contributed by atoms with Crippen LogP contribution in [0.3, 0.4) is 0 Å². The quantitative estimate of drug-likeness (QED) is 0.494. The number of Topliss-reactive ketones (excluding diaryl/α,β-unsaturated/α-hetero) is 1. The summed E-state index contributed by atoms with van der Waals surface area (Å²) >= 11 is 2.68. The minimum atomic E-state index is -0.547. The first-order valence-electron chi connectivity index (χ1n) is 9.88. The molecular weight excluding hydrogens is 410 g/mol. The average molecular weight is 436 g/mol. The summed E-state index contributed by atoms with van der Waals surface area (Å²) in [5.41, 5.74) is 5.74. The number of aryl methyl sites for hydroxylation is 1. The van der Waals surface area contributed by atoms with Gasteiger partial charge in [0.05, 0.1) is 9.95 Å². The molecular formula is C24H25N3OS2. The molecule has 1 aliphatic rings. The number of thiazole rings is 1. The molecule has 1 fully saturated rings. The molecule has 6 heteroatoms. The fourth-order valence-corrected chi connectivity index (χ4v) is 5.57. The summed E-state index contributed by atoms with van der Waals surface area (Å²) in [5, 5.41) is 11.2. The molecule has 0 saturated carbocycles. The third-order valence-corrected chi connectivity index (χ3v) is 7.27. The lowest BCUT2D eigenvalue weighted by atomic mass is 9.87. The minimum Gasteiger partial charge on any atom is -0.318 e. The number of aromatic nitrogens is 2. The highest BCUT2D eigenvalue weighted by molar-refractivity contribution is 8.19. The fraction of sp³-hybridized carbons (Fsp3) is 0.292. The second-order valence-electron chi connectivity index (χ2n) is 8.60. The Morgan fingerprint density at radius 2 is 1.87 bits per heavy atom. The Bertz CT molecular complexity index is 1150. The van der Waals surface area contributed by atoms with E-state index in [0.29, 0.717) is 15.0 Å². The Morgan fingerprint density at radius 3 is 2.47 bits per heavy atom. The van der Waals surface area contributed by atoms with Gasteiger partial charge in [-0.15, -0.1) is 11.3 Å². The Kier molecular flexibility index (Phi) is 5.32. The van der Waals surface area contributed by atoms with Crippen LogP contribution in [0.5, 0.6) is 0 Å². The van der Waals surface area contributed by atoms with E-state index in [1.165, 1.54) is 28.7 Å². The number of thioether (sulfide) groups is 1. The number of nitrogens with one attached hydrogen (secondary N) is 1. The molecule has 1 aromatic carbocycles. The van der Waals surface area contributed by atoms with Crippen LogP contribution in [-0.4, -0.2) is 20.4 Å². The van der Waals surface area contributed by atoms with Gasteiger partial charge in [-0.3, -0.25) is 10.2 Å². The van der Waals surface area contributed by atoms with Crippen LogP contribution < -0.4 is 0 Å². The fourth-order valence-electron chi connectivity index (χ4n) is 3.77. The SMILES string of the molecule is Cc1cc(/C=C2\SC(=N)[C@H](c3nccs3)C2=O)c(C)n1-c1ccc(C(C)(C)C)cc1. The normalized spacial score (nSPS) is 18.6. The van der Waals surface area contributed by atoms with Crippen molar-refractivity contribution in [3.63, 3.8) is 0 Å². The zero-order valence-electron chi connectivity index (χ0n) is 17.8. The Hall–Kier alpha value is -2.44. The first-order valence-corrected chi connectivity index (χ1v) is 11.6. The number of rotatable bonds is 3. The molecule has 0 bridgehead atoms. The van der Waals surface area contributed by atoms with Crippen LogP contribution >= 0.6 is 23.1 Å². The number of hydrogen-bond donors (Lipinski definition) is 1. The van der Waals surface area contributed by atoms with Gasteiger partial charge in [0, 0.05) is 28.7 Å². The standard InChI is InChI=1S/C24H25N3OS2/c1-14-12-16(13-19-21(28)20(22(25)30-19)23-26-10-11-29-23)15(2)27(14)18-8-6-17(7-9-18)24(3,4)5/h6-13,20,25H,1-5H3/b19-13-,25-22?/t20-/m1/s1. The van der Waals surface area contributed by atoms with Crippen LogP contribution in [0, 0.1) is 19.3 Å². The molecule has 0 aliphatic carbocycles. The Labute approximate surface area is 185 Å². The van der Waals surface area contributed by atoms with Crippen molar-refractivity contribution in [2.75, 3.05) is 0 Å². The van der Waals surface area contributed by atoms with E-state index in [1.54, 1.807) is 6.20 Å². The van der Waals surface area contributed by atoms with Crippen molar-refractivity contribution in [1.82, 2.24) is 9.55 Å². The van der Waals surface area contributed by atoms with Gasteiger partial charge in [0.15, 0.2) is 5.78 Å². The molecule has 0 unspecified atom stereocenters. The summed E-state index contributed by atoms with van der Waals surface area (Å²) in [6, 6.07) is 10.8. The van der Waals surface area contributed by atoms with Gasteiger partial charge in [-0.1, -0.05) is 44.7 Å². The lowest BCUT2D eigenvalue weighted by molar-refractivity contribution is -0.114. The summed E-state index contributed by atoms with van der Waals surface area (Å²) in [6.45, 7) is 10.8. The average Bonchev–Trinajstić information content (AvgIpc) is 3.35. The van der Waals surface area contributed by atoms with E-state index in [9.17, 15) is 4.79 Å². The van der Waals surface area contributed by atoms with Crippen LogP contribution in [0.4, 0.5) is 0 Å². The molecule has 30 heavy (non-hydrogen) atoms. The van der Waals surface area contributed by atoms with Crippen molar-refractivity contribution in [1.29, 1.82) is 5.41 Å². The van der Waals surface area contributed by atoms with E-state index in [0.717, 1.165) is 22.6 Å². The monoisotopic (exact) mass is 435 g/mol. The van der Waals surface area contributed by atoms with Crippen LogP contribution in [-0.2, 0) is 10.2 Å². The number of allylic oxidation sites excluding steroid dienone is 1. The minimum absolute atomic E-state index is 0.0284. The van der Waals surface area contributed by atoms with E-state index < -0.39 is 5.92 Å². The molecule has 0 radical (unpaired) electrons. The van der Waals surface area contributed by atoms with Gasteiger partial charge in [0.25, 0.3) is 0 Å². The van der Waals surface area contributed by atoms with E-state index in [4.69, 9.17) is 5.41 Å². The lowest BCUT2D eigenvalue weighted by Crippen LogP contribution is -2.11. The summed E-state index contributed by atoms with van der Waals surface area (Å²) < 4.78 is 2.21. The largest absolute Gasteiger partial charge is 0.318 e. The second-order valence-corrected chi connectivity index (χ2v) is 10.6. The van der Waals surface area contributed by atoms with Gasteiger partial charge < -0.3 is 4.57 Å². The van der Waals surface area contributed by atoms with Crippen molar-refractivity contribution >= 4 is 40.0 Å². The van der Waals surface area contributed by atoms with Gasteiger partial charge in [-0.2, -0.15) is 0 Å². The predicted octanol–water partition coefficient (Wildman–Crippen LogP) is 6.27. The van der Waals surface area contributed by atoms with E-state index in [-0.39, 0.29) is 11.2 Å². The van der Waals surface area contributed by atoms with E-state index >= 15 is 0 Å². The van der Waals surface area contributed by atoms with Gasteiger partial charge in [0.1, 0.15) is 10.9 Å². The third kappa shape index (κ3) is 3.70. The number of benzene rings is 1. The molecule has 4 rings (SSSR count). The van der Waals surface area contributed by atoms with Gasteiger partial charge in [-0.25, -0.2) is 4.98 Å². The van der Waals surface area contributed by atoms with Crippen LogP contribution in [0.2, 0.25) is 0 Å². The van der Waals surface area contributed by atoms with Crippen LogP contribution in [0.1, 0.15) is 54.2 Å². The van der Waals surface area contributed by atoms with Crippen LogP contribution in [0.25, 0.3) is 11.8 Å². The molecule has 0 amide bonds. The molecule has 154 valence electrons. The number of carbonyl (C=O) groups excluding carboxylic acids is 1. The number of ketones is 1. The topological polar surface area (TPSA) is 58.7 Å². The highest BCUT2D eigenvalue weighted by atomic mass is 32.2. The molecule has 1 saturated heterocycles.